The SMILES string of the molecule is c1ccc2nc(CN3CCCC[C@@H]3C3OCCO3)ccc2c1. The normalized spacial score (nSPS) is 24.1. The molecule has 0 spiro atoms. The van der Waals surface area contributed by atoms with Crippen LogP contribution in [-0.4, -0.2) is 42.0 Å². The van der Waals surface area contributed by atoms with Gasteiger partial charge in [-0.3, -0.25) is 9.88 Å². The second-order valence-corrected chi connectivity index (χ2v) is 6.14. The first-order valence-electron chi connectivity index (χ1n) is 8.22. The standard InChI is InChI=1S/C18H22N2O2/c1-2-6-16-14(5-1)8-9-15(19-16)13-20-10-4-3-7-17(20)18-21-11-12-22-18/h1-2,5-6,8-9,17-18H,3-4,7,10-13H2/t17-/m1/s1. The maximum absolute atomic E-state index is 5.75. The van der Waals surface area contributed by atoms with Crippen LogP contribution in [0.1, 0.15) is 25.0 Å². The molecule has 0 bridgehead atoms. The van der Waals surface area contributed by atoms with Gasteiger partial charge in [-0.2, -0.15) is 0 Å². The van der Waals surface area contributed by atoms with Crippen molar-refractivity contribution in [2.45, 2.75) is 38.1 Å². The van der Waals surface area contributed by atoms with Gasteiger partial charge in [0, 0.05) is 11.9 Å². The number of rotatable bonds is 3. The van der Waals surface area contributed by atoms with Crippen LogP contribution in [0.3, 0.4) is 0 Å². The predicted octanol–water partition coefficient (Wildman–Crippen LogP) is 2.96. The minimum atomic E-state index is -0.0549. The summed E-state index contributed by atoms with van der Waals surface area (Å²) in [6.45, 7) is 3.42. The molecule has 4 heteroatoms. The van der Waals surface area contributed by atoms with Gasteiger partial charge in [0.05, 0.1) is 30.5 Å². The van der Waals surface area contributed by atoms with Crippen molar-refractivity contribution < 1.29 is 9.47 Å². The van der Waals surface area contributed by atoms with Crippen molar-refractivity contribution in [1.82, 2.24) is 9.88 Å². The van der Waals surface area contributed by atoms with E-state index in [0.717, 1.165) is 43.9 Å². The first-order valence-corrected chi connectivity index (χ1v) is 8.22. The van der Waals surface area contributed by atoms with Crippen LogP contribution in [0, 0.1) is 0 Å². The van der Waals surface area contributed by atoms with Crippen LogP contribution < -0.4 is 0 Å². The third-order valence-electron chi connectivity index (χ3n) is 4.65. The van der Waals surface area contributed by atoms with Crippen molar-refractivity contribution in [2.75, 3.05) is 19.8 Å². The molecule has 0 radical (unpaired) electrons. The summed E-state index contributed by atoms with van der Waals surface area (Å²) in [5.74, 6) is 0. The lowest BCUT2D eigenvalue weighted by molar-refractivity contribution is -0.111. The molecule has 2 fully saturated rings. The molecule has 22 heavy (non-hydrogen) atoms. The van der Waals surface area contributed by atoms with Crippen molar-refractivity contribution in [3.05, 3.63) is 42.1 Å². The average Bonchev–Trinajstić information content (AvgIpc) is 3.10. The quantitative estimate of drug-likeness (QED) is 0.872. The highest BCUT2D eigenvalue weighted by atomic mass is 16.7. The second-order valence-electron chi connectivity index (χ2n) is 6.14. The molecule has 1 aromatic heterocycles. The number of fused-ring (bicyclic) bond motifs is 1. The molecule has 0 unspecified atom stereocenters. The smallest absolute Gasteiger partial charge is 0.173 e. The number of aromatic nitrogens is 1. The molecule has 3 heterocycles. The number of hydrogen-bond acceptors (Lipinski definition) is 4. The summed E-state index contributed by atoms with van der Waals surface area (Å²) in [4.78, 5) is 7.29. The van der Waals surface area contributed by atoms with Gasteiger partial charge in [0.25, 0.3) is 0 Å². The van der Waals surface area contributed by atoms with Crippen LogP contribution >= 0.6 is 0 Å². The Kier molecular flexibility index (Phi) is 4.06. The van der Waals surface area contributed by atoms with Crippen LogP contribution in [0.5, 0.6) is 0 Å². The van der Waals surface area contributed by atoms with E-state index in [4.69, 9.17) is 14.5 Å². The van der Waals surface area contributed by atoms with Gasteiger partial charge in [-0.15, -0.1) is 0 Å². The van der Waals surface area contributed by atoms with Crippen LogP contribution in [0.25, 0.3) is 10.9 Å². The fourth-order valence-electron chi connectivity index (χ4n) is 3.52. The lowest BCUT2D eigenvalue weighted by Gasteiger charge is -2.37. The predicted molar refractivity (Wildman–Crippen MR) is 85.5 cm³/mol. The molecule has 4 nitrogen and oxygen atoms in total. The zero-order valence-electron chi connectivity index (χ0n) is 12.8. The van der Waals surface area contributed by atoms with E-state index in [0.29, 0.717) is 6.04 Å². The first kappa shape index (κ1) is 14.1. The number of para-hydroxylation sites is 1. The highest BCUT2D eigenvalue weighted by Crippen LogP contribution is 2.26. The molecular weight excluding hydrogens is 276 g/mol. The molecule has 0 aliphatic carbocycles. The van der Waals surface area contributed by atoms with Gasteiger partial charge >= 0.3 is 0 Å². The fourth-order valence-corrected chi connectivity index (χ4v) is 3.52. The summed E-state index contributed by atoms with van der Waals surface area (Å²) in [5.41, 5.74) is 2.20. The summed E-state index contributed by atoms with van der Waals surface area (Å²) < 4.78 is 11.5. The van der Waals surface area contributed by atoms with Gasteiger partial charge in [-0.1, -0.05) is 30.7 Å². The summed E-state index contributed by atoms with van der Waals surface area (Å²) in [5, 5.41) is 1.20. The molecule has 1 atom stereocenters. The lowest BCUT2D eigenvalue weighted by atomic mass is 10.0. The van der Waals surface area contributed by atoms with Gasteiger partial charge in [0.1, 0.15) is 0 Å². The van der Waals surface area contributed by atoms with Crippen molar-refractivity contribution in [2.24, 2.45) is 0 Å². The number of nitrogens with zero attached hydrogens (tertiary/aromatic N) is 2. The second kappa shape index (κ2) is 6.32. The van der Waals surface area contributed by atoms with Gasteiger partial charge in [0.2, 0.25) is 0 Å². The van der Waals surface area contributed by atoms with E-state index in [1.807, 2.05) is 6.07 Å². The van der Waals surface area contributed by atoms with Crippen LogP contribution in [0.4, 0.5) is 0 Å². The van der Waals surface area contributed by atoms with Crippen molar-refractivity contribution in [3.63, 3.8) is 0 Å². The molecule has 2 saturated heterocycles. The summed E-state index contributed by atoms with van der Waals surface area (Å²) in [6.07, 6.45) is 3.60. The van der Waals surface area contributed by atoms with Crippen LogP contribution in [0.15, 0.2) is 36.4 Å². The zero-order valence-corrected chi connectivity index (χ0v) is 12.8. The van der Waals surface area contributed by atoms with E-state index < -0.39 is 0 Å². The Bertz CT molecular complexity index is 640. The monoisotopic (exact) mass is 298 g/mol. The van der Waals surface area contributed by atoms with E-state index in [1.165, 1.54) is 18.2 Å². The first-order chi connectivity index (χ1) is 10.9. The average molecular weight is 298 g/mol. The van der Waals surface area contributed by atoms with E-state index in [2.05, 4.69) is 35.2 Å². The Morgan fingerprint density at radius 1 is 1.05 bits per heavy atom. The Labute approximate surface area is 131 Å². The van der Waals surface area contributed by atoms with Gasteiger partial charge in [-0.25, -0.2) is 0 Å². The topological polar surface area (TPSA) is 34.6 Å². The number of benzene rings is 1. The molecule has 1 aromatic carbocycles. The van der Waals surface area contributed by atoms with E-state index in [1.54, 1.807) is 0 Å². The van der Waals surface area contributed by atoms with Gasteiger partial charge in [-0.05, 0) is 31.5 Å². The Morgan fingerprint density at radius 2 is 1.91 bits per heavy atom. The van der Waals surface area contributed by atoms with Crippen LogP contribution in [0.2, 0.25) is 0 Å². The maximum Gasteiger partial charge on any atom is 0.173 e. The molecule has 2 aliphatic rings. The zero-order chi connectivity index (χ0) is 14.8. The molecular formula is C18H22N2O2. The maximum atomic E-state index is 5.75. The number of hydrogen-bond donors (Lipinski definition) is 0. The molecule has 116 valence electrons. The number of ether oxygens (including phenoxy) is 2. The molecule has 2 aliphatic heterocycles. The molecule has 2 aromatic rings. The summed E-state index contributed by atoms with van der Waals surface area (Å²) >= 11 is 0. The summed E-state index contributed by atoms with van der Waals surface area (Å²) in [7, 11) is 0. The molecule has 0 amide bonds. The van der Waals surface area contributed by atoms with Gasteiger partial charge < -0.3 is 9.47 Å². The number of likely N-dealkylation sites (tertiary alicyclic amines) is 1. The van der Waals surface area contributed by atoms with Crippen LogP contribution in [-0.2, 0) is 16.0 Å². The van der Waals surface area contributed by atoms with Crippen molar-refractivity contribution >= 4 is 10.9 Å². The Hall–Kier alpha value is -1.49. The number of pyridine rings is 1. The largest absolute Gasteiger partial charge is 0.349 e. The van der Waals surface area contributed by atoms with E-state index >= 15 is 0 Å². The molecule has 0 saturated carbocycles. The fraction of sp³-hybridized carbons (Fsp3) is 0.500. The Balaban J connectivity index is 1.53. The Morgan fingerprint density at radius 3 is 2.82 bits per heavy atom. The highest BCUT2D eigenvalue weighted by molar-refractivity contribution is 5.78. The third kappa shape index (κ3) is 2.86. The van der Waals surface area contributed by atoms with Crippen molar-refractivity contribution in [1.29, 1.82) is 0 Å². The minimum Gasteiger partial charge on any atom is -0.349 e. The lowest BCUT2D eigenvalue weighted by Crippen LogP contribution is -2.46. The number of piperidine rings is 1. The molecule has 0 N–H and O–H groups in total. The highest BCUT2D eigenvalue weighted by Gasteiger charge is 2.33. The minimum absolute atomic E-state index is 0.0549. The van der Waals surface area contributed by atoms with E-state index in [-0.39, 0.29) is 6.29 Å². The third-order valence-corrected chi connectivity index (χ3v) is 4.65. The van der Waals surface area contributed by atoms with Crippen molar-refractivity contribution in [3.8, 4) is 0 Å². The summed E-state index contributed by atoms with van der Waals surface area (Å²) in [6, 6.07) is 13.0. The van der Waals surface area contributed by atoms with Gasteiger partial charge in [0.15, 0.2) is 6.29 Å². The van der Waals surface area contributed by atoms with E-state index in [9.17, 15) is 0 Å². The molecule has 4 rings (SSSR count).